The zero-order valence-electron chi connectivity index (χ0n) is 30.5. The standard InChI is InChI=1S/C51H31N5O/c1-4-14-32(15-5-1)49-52-50(33-16-6-2-7-17-33)54-51(53-49)34-24-26-39-44(30-34)55(35-18-8-3-9-19-35)43-27-29-46-48(47(39)43)40-31-36(25-28-45(40)57-46)56-41-22-12-10-20-37(41)38-21-11-13-23-42(38)56/h1-31H. The van der Waals surface area contributed by atoms with Crippen molar-refractivity contribution < 1.29 is 4.42 Å². The van der Waals surface area contributed by atoms with Crippen LogP contribution in [0.1, 0.15) is 0 Å². The third-order valence-corrected chi connectivity index (χ3v) is 11.2. The highest BCUT2D eigenvalue weighted by atomic mass is 16.3. The second kappa shape index (κ2) is 12.3. The van der Waals surface area contributed by atoms with Gasteiger partial charge in [-0.05, 0) is 60.7 Å². The minimum absolute atomic E-state index is 0.615. The molecule has 266 valence electrons. The van der Waals surface area contributed by atoms with E-state index in [0.717, 1.165) is 71.8 Å². The van der Waals surface area contributed by atoms with Crippen LogP contribution in [0.4, 0.5) is 0 Å². The number of fused-ring (bicyclic) bond motifs is 10. The topological polar surface area (TPSA) is 61.7 Å². The van der Waals surface area contributed by atoms with E-state index >= 15 is 0 Å². The molecule has 0 amide bonds. The lowest BCUT2D eigenvalue weighted by molar-refractivity contribution is 0.669. The van der Waals surface area contributed by atoms with E-state index in [1.807, 2.05) is 60.7 Å². The van der Waals surface area contributed by atoms with Crippen molar-refractivity contribution in [2.45, 2.75) is 0 Å². The summed E-state index contributed by atoms with van der Waals surface area (Å²) < 4.78 is 11.3. The molecule has 0 N–H and O–H groups in total. The first-order chi connectivity index (χ1) is 28.3. The van der Waals surface area contributed by atoms with Crippen LogP contribution in [0, 0.1) is 0 Å². The number of hydrogen-bond donors (Lipinski definition) is 0. The number of aromatic nitrogens is 5. The molecule has 4 aromatic heterocycles. The van der Waals surface area contributed by atoms with Crippen LogP contribution in [0.3, 0.4) is 0 Å². The largest absolute Gasteiger partial charge is 0.456 e. The summed E-state index contributed by atoms with van der Waals surface area (Å²) >= 11 is 0. The van der Waals surface area contributed by atoms with E-state index in [4.69, 9.17) is 19.4 Å². The molecule has 0 aliphatic rings. The molecule has 6 nitrogen and oxygen atoms in total. The number of nitrogens with zero attached hydrogens (tertiary/aromatic N) is 5. The fourth-order valence-electron chi connectivity index (χ4n) is 8.63. The Bertz CT molecular complexity index is 3400. The van der Waals surface area contributed by atoms with Crippen LogP contribution in [0.15, 0.2) is 192 Å². The van der Waals surface area contributed by atoms with E-state index in [2.05, 4.69) is 137 Å². The number of para-hydroxylation sites is 3. The summed E-state index contributed by atoms with van der Waals surface area (Å²) in [5.74, 6) is 1.88. The fraction of sp³-hybridized carbons (Fsp3) is 0. The Kier molecular flexibility index (Phi) is 6.83. The first kappa shape index (κ1) is 31.5. The van der Waals surface area contributed by atoms with Crippen LogP contribution in [-0.4, -0.2) is 24.1 Å². The highest BCUT2D eigenvalue weighted by molar-refractivity contribution is 6.28. The average Bonchev–Trinajstić information content (AvgIpc) is 3.94. The zero-order chi connectivity index (χ0) is 37.5. The second-order valence-electron chi connectivity index (χ2n) is 14.4. The van der Waals surface area contributed by atoms with Gasteiger partial charge in [0, 0.05) is 60.4 Å². The van der Waals surface area contributed by atoms with Gasteiger partial charge >= 0.3 is 0 Å². The molecule has 0 unspecified atom stereocenters. The molecule has 12 aromatic rings. The summed E-state index contributed by atoms with van der Waals surface area (Å²) in [5, 5.41) is 6.90. The summed E-state index contributed by atoms with van der Waals surface area (Å²) in [5.41, 5.74) is 11.1. The van der Waals surface area contributed by atoms with Gasteiger partial charge in [-0.25, -0.2) is 15.0 Å². The fourth-order valence-corrected chi connectivity index (χ4v) is 8.63. The van der Waals surface area contributed by atoms with Gasteiger partial charge in [-0.3, -0.25) is 0 Å². The first-order valence-corrected chi connectivity index (χ1v) is 19.1. The van der Waals surface area contributed by atoms with Gasteiger partial charge in [0.15, 0.2) is 17.5 Å². The second-order valence-corrected chi connectivity index (χ2v) is 14.4. The Morgan fingerprint density at radius 1 is 0.316 bits per heavy atom. The maximum absolute atomic E-state index is 6.63. The molecule has 8 aromatic carbocycles. The van der Waals surface area contributed by atoms with Crippen LogP contribution in [0.25, 0.3) is 111 Å². The molecule has 12 rings (SSSR count). The van der Waals surface area contributed by atoms with Gasteiger partial charge in [0.1, 0.15) is 11.2 Å². The minimum atomic E-state index is 0.615. The van der Waals surface area contributed by atoms with Gasteiger partial charge in [-0.15, -0.1) is 0 Å². The molecule has 0 radical (unpaired) electrons. The molecule has 0 saturated heterocycles. The molecule has 0 aliphatic carbocycles. The summed E-state index contributed by atoms with van der Waals surface area (Å²) in [7, 11) is 0. The number of furan rings is 1. The van der Waals surface area contributed by atoms with E-state index in [9.17, 15) is 0 Å². The van der Waals surface area contributed by atoms with Crippen LogP contribution >= 0.6 is 0 Å². The lowest BCUT2D eigenvalue weighted by Gasteiger charge is -2.10. The summed E-state index contributed by atoms with van der Waals surface area (Å²) in [6.07, 6.45) is 0. The molecule has 0 saturated carbocycles. The van der Waals surface area contributed by atoms with Gasteiger partial charge < -0.3 is 13.6 Å². The average molecular weight is 730 g/mol. The van der Waals surface area contributed by atoms with E-state index in [-0.39, 0.29) is 0 Å². The Balaban J connectivity index is 1.13. The number of benzene rings is 8. The summed E-state index contributed by atoms with van der Waals surface area (Å²) in [6, 6.07) is 65.5. The Hall–Kier alpha value is -7.83. The molecule has 6 heteroatoms. The molecule has 0 spiro atoms. The van der Waals surface area contributed by atoms with Crippen molar-refractivity contribution in [1.82, 2.24) is 24.1 Å². The zero-order valence-corrected chi connectivity index (χ0v) is 30.5. The van der Waals surface area contributed by atoms with Crippen molar-refractivity contribution in [3.8, 4) is 45.5 Å². The summed E-state index contributed by atoms with van der Waals surface area (Å²) in [6.45, 7) is 0. The van der Waals surface area contributed by atoms with Crippen LogP contribution in [-0.2, 0) is 0 Å². The van der Waals surface area contributed by atoms with Gasteiger partial charge in [0.2, 0.25) is 0 Å². The van der Waals surface area contributed by atoms with E-state index < -0.39 is 0 Å². The first-order valence-electron chi connectivity index (χ1n) is 19.1. The van der Waals surface area contributed by atoms with Gasteiger partial charge in [0.25, 0.3) is 0 Å². The predicted molar refractivity (Wildman–Crippen MR) is 232 cm³/mol. The van der Waals surface area contributed by atoms with Gasteiger partial charge in [-0.2, -0.15) is 0 Å². The molecule has 0 fully saturated rings. The minimum Gasteiger partial charge on any atom is -0.456 e. The van der Waals surface area contributed by atoms with E-state index in [1.54, 1.807) is 0 Å². The maximum atomic E-state index is 6.63. The Morgan fingerprint density at radius 3 is 1.51 bits per heavy atom. The van der Waals surface area contributed by atoms with E-state index in [0.29, 0.717) is 17.5 Å². The SMILES string of the molecule is c1ccc(-c2nc(-c3ccccc3)nc(-c3ccc4c5c6c(ccc5n(-c5ccccc5)c4c3)oc3ccc(-n4c5ccccc5c5ccccc54)cc36)n2)cc1. The van der Waals surface area contributed by atoms with Crippen LogP contribution < -0.4 is 0 Å². The molecule has 0 atom stereocenters. The molecule has 57 heavy (non-hydrogen) atoms. The van der Waals surface area contributed by atoms with Crippen molar-refractivity contribution >= 4 is 65.6 Å². The highest BCUT2D eigenvalue weighted by Gasteiger charge is 2.22. The van der Waals surface area contributed by atoms with Crippen molar-refractivity contribution in [1.29, 1.82) is 0 Å². The third-order valence-electron chi connectivity index (χ3n) is 11.2. The third kappa shape index (κ3) is 4.87. The van der Waals surface area contributed by atoms with Crippen molar-refractivity contribution in [2.24, 2.45) is 0 Å². The summed E-state index contributed by atoms with van der Waals surface area (Å²) in [4.78, 5) is 15.1. The predicted octanol–water partition coefficient (Wildman–Crippen LogP) is 13.0. The van der Waals surface area contributed by atoms with Crippen molar-refractivity contribution in [3.63, 3.8) is 0 Å². The van der Waals surface area contributed by atoms with Crippen LogP contribution in [0.2, 0.25) is 0 Å². The smallest absolute Gasteiger partial charge is 0.164 e. The van der Waals surface area contributed by atoms with Crippen molar-refractivity contribution in [3.05, 3.63) is 188 Å². The van der Waals surface area contributed by atoms with Gasteiger partial charge in [0.05, 0.1) is 22.1 Å². The van der Waals surface area contributed by atoms with E-state index in [1.165, 1.54) is 21.8 Å². The maximum Gasteiger partial charge on any atom is 0.164 e. The lowest BCUT2D eigenvalue weighted by Crippen LogP contribution is -2.00. The molecular weight excluding hydrogens is 699 g/mol. The van der Waals surface area contributed by atoms with Crippen LogP contribution in [0.5, 0.6) is 0 Å². The monoisotopic (exact) mass is 729 g/mol. The lowest BCUT2D eigenvalue weighted by atomic mass is 10.0. The molecule has 0 aliphatic heterocycles. The van der Waals surface area contributed by atoms with Crippen molar-refractivity contribution in [2.75, 3.05) is 0 Å². The Labute approximate surface area is 326 Å². The normalized spacial score (nSPS) is 11.9. The number of rotatable bonds is 5. The number of hydrogen-bond acceptors (Lipinski definition) is 4. The quantitative estimate of drug-likeness (QED) is 0.177. The molecular formula is C51H31N5O. The molecule has 4 heterocycles. The highest BCUT2D eigenvalue weighted by Crippen LogP contribution is 2.43. The molecule has 0 bridgehead atoms. The van der Waals surface area contributed by atoms with Gasteiger partial charge in [-0.1, -0.05) is 127 Å². The Morgan fingerprint density at radius 2 is 0.860 bits per heavy atom.